The summed E-state index contributed by atoms with van der Waals surface area (Å²) in [6.07, 6.45) is 3.15. The number of carbonyl (C=O) groups excluding carboxylic acids is 2. The number of esters is 2. The molecule has 3 aromatic rings. The second kappa shape index (κ2) is 7.09. The Balaban J connectivity index is 1.72. The minimum Gasteiger partial charge on any atom is -0.464 e. The van der Waals surface area contributed by atoms with Gasteiger partial charge in [-0.15, -0.1) is 0 Å². The van der Waals surface area contributed by atoms with Crippen LogP contribution >= 0.6 is 0 Å². The summed E-state index contributed by atoms with van der Waals surface area (Å²) in [6, 6.07) is 10.9. The van der Waals surface area contributed by atoms with Crippen LogP contribution in [0.1, 0.15) is 32.1 Å². The maximum Gasteiger partial charge on any atom is 0.357 e. The molecule has 0 atom stereocenters. The molecule has 0 N–H and O–H groups in total. The van der Waals surface area contributed by atoms with Gasteiger partial charge in [0.2, 0.25) is 0 Å². The smallest absolute Gasteiger partial charge is 0.357 e. The zero-order chi connectivity index (χ0) is 17.8. The van der Waals surface area contributed by atoms with E-state index in [2.05, 4.69) is 14.7 Å². The molecule has 0 saturated heterocycles. The van der Waals surface area contributed by atoms with Gasteiger partial charge in [0, 0.05) is 23.3 Å². The van der Waals surface area contributed by atoms with Gasteiger partial charge in [-0.1, -0.05) is 24.3 Å². The Morgan fingerprint density at radius 2 is 1.64 bits per heavy atom. The first-order valence-corrected chi connectivity index (χ1v) is 7.64. The van der Waals surface area contributed by atoms with Crippen LogP contribution in [0.4, 0.5) is 0 Å². The SMILES string of the molecule is COC(=O)c1cc(C)c(COC(=O)c2cc3ccccc3cn2)cn1. The van der Waals surface area contributed by atoms with Gasteiger partial charge >= 0.3 is 11.9 Å². The molecule has 3 rings (SSSR count). The number of fused-ring (bicyclic) bond motifs is 1. The maximum absolute atomic E-state index is 12.2. The monoisotopic (exact) mass is 336 g/mol. The van der Waals surface area contributed by atoms with E-state index in [9.17, 15) is 9.59 Å². The molecule has 126 valence electrons. The van der Waals surface area contributed by atoms with Gasteiger partial charge in [0.05, 0.1) is 7.11 Å². The summed E-state index contributed by atoms with van der Waals surface area (Å²) in [4.78, 5) is 31.8. The number of ether oxygens (including phenoxy) is 2. The molecule has 0 aliphatic carbocycles. The highest BCUT2D eigenvalue weighted by molar-refractivity contribution is 5.93. The third-order valence-corrected chi connectivity index (χ3v) is 3.81. The van der Waals surface area contributed by atoms with Crippen LogP contribution in [0.25, 0.3) is 10.8 Å². The highest BCUT2D eigenvalue weighted by Gasteiger charge is 2.13. The number of aryl methyl sites for hydroxylation is 1. The van der Waals surface area contributed by atoms with Gasteiger partial charge in [-0.2, -0.15) is 0 Å². The third kappa shape index (κ3) is 3.63. The number of methoxy groups -OCH3 is 1. The molecule has 0 saturated carbocycles. The number of carbonyl (C=O) groups is 2. The van der Waals surface area contributed by atoms with Crippen LogP contribution in [0, 0.1) is 6.92 Å². The van der Waals surface area contributed by atoms with E-state index in [1.54, 1.807) is 18.3 Å². The molecule has 0 amide bonds. The van der Waals surface area contributed by atoms with Crippen molar-refractivity contribution in [2.45, 2.75) is 13.5 Å². The van der Waals surface area contributed by atoms with Crippen LogP contribution in [0.3, 0.4) is 0 Å². The van der Waals surface area contributed by atoms with Crippen molar-refractivity contribution in [3.8, 4) is 0 Å². The fourth-order valence-electron chi connectivity index (χ4n) is 2.36. The summed E-state index contributed by atoms with van der Waals surface area (Å²) in [7, 11) is 1.30. The number of nitrogens with zero attached hydrogens (tertiary/aromatic N) is 2. The predicted octanol–water partition coefficient (Wildman–Crippen LogP) is 3.08. The van der Waals surface area contributed by atoms with Gasteiger partial charge in [0.25, 0.3) is 0 Å². The molecule has 6 nitrogen and oxygen atoms in total. The van der Waals surface area contributed by atoms with E-state index in [0.29, 0.717) is 5.56 Å². The third-order valence-electron chi connectivity index (χ3n) is 3.81. The Hall–Kier alpha value is -3.28. The lowest BCUT2D eigenvalue weighted by Gasteiger charge is -2.08. The number of hydrogen-bond acceptors (Lipinski definition) is 6. The number of aromatic nitrogens is 2. The molecule has 0 bridgehead atoms. The van der Waals surface area contributed by atoms with Crippen molar-refractivity contribution >= 4 is 22.7 Å². The lowest BCUT2D eigenvalue weighted by Crippen LogP contribution is -2.10. The quantitative estimate of drug-likeness (QED) is 0.681. The molecule has 1 aromatic carbocycles. The lowest BCUT2D eigenvalue weighted by molar-refractivity contribution is 0.0463. The van der Waals surface area contributed by atoms with Crippen molar-refractivity contribution in [2.24, 2.45) is 0 Å². The van der Waals surface area contributed by atoms with Crippen molar-refractivity contribution < 1.29 is 19.1 Å². The van der Waals surface area contributed by atoms with Crippen LogP contribution in [0.15, 0.2) is 48.8 Å². The van der Waals surface area contributed by atoms with Gasteiger partial charge in [-0.25, -0.2) is 19.6 Å². The summed E-state index contributed by atoms with van der Waals surface area (Å²) in [6.45, 7) is 1.86. The average molecular weight is 336 g/mol. The second-order valence-corrected chi connectivity index (χ2v) is 5.48. The van der Waals surface area contributed by atoms with Crippen LogP contribution in [-0.2, 0) is 16.1 Å². The Morgan fingerprint density at radius 1 is 0.960 bits per heavy atom. The fraction of sp³-hybridized carbons (Fsp3) is 0.158. The van der Waals surface area contributed by atoms with Gasteiger partial charge in [0.1, 0.15) is 18.0 Å². The summed E-state index contributed by atoms with van der Waals surface area (Å²) in [5.74, 6) is -1.02. The minimum atomic E-state index is -0.512. The minimum absolute atomic E-state index is 0.0492. The highest BCUT2D eigenvalue weighted by atomic mass is 16.5. The van der Waals surface area contributed by atoms with Gasteiger partial charge in [-0.3, -0.25) is 0 Å². The molecular weight excluding hydrogens is 320 g/mol. The Bertz CT molecular complexity index is 953. The molecule has 0 unspecified atom stereocenters. The first-order chi connectivity index (χ1) is 12.1. The maximum atomic E-state index is 12.2. The summed E-state index contributed by atoms with van der Waals surface area (Å²) >= 11 is 0. The highest BCUT2D eigenvalue weighted by Crippen LogP contribution is 2.15. The molecule has 0 aliphatic rings. The number of rotatable bonds is 4. The van der Waals surface area contributed by atoms with Crippen molar-refractivity contribution in [1.82, 2.24) is 9.97 Å². The normalized spacial score (nSPS) is 10.5. The van der Waals surface area contributed by atoms with Gasteiger partial charge in [0.15, 0.2) is 0 Å². The molecule has 0 aliphatic heterocycles. The van der Waals surface area contributed by atoms with Gasteiger partial charge < -0.3 is 9.47 Å². The molecule has 2 aromatic heterocycles. The van der Waals surface area contributed by atoms with E-state index < -0.39 is 11.9 Å². The number of pyridine rings is 2. The van der Waals surface area contributed by atoms with Crippen LogP contribution < -0.4 is 0 Å². The van der Waals surface area contributed by atoms with Crippen LogP contribution in [0.5, 0.6) is 0 Å². The first-order valence-electron chi connectivity index (χ1n) is 7.64. The average Bonchev–Trinajstić information content (AvgIpc) is 2.65. The standard InChI is InChI=1S/C19H16N2O4/c1-12-7-16(18(22)24-2)21-10-15(12)11-25-19(23)17-8-13-5-3-4-6-14(13)9-20-17/h3-10H,11H2,1-2H3. The zero-order valence-corrected chi connectivity index (χ0v) is 13.9. The lowest BCUT2D eigenvalue weighted by atomic mass is 10.1. The molecule has 25 heavy (non-hydrogen) atoms. The second-order valence-electron chi connectivity index (χ2n) is 5.48. The largest absolute Gasteiger partial charge is 0.464 e. The summed E-state index contributed by atoms with van der Waals surface area (Å²) in [5, 5.41) is 1.88. The Morgan fingerprint density at radius 3 is 2.36 bits per heavy atom. The van der Waals surface area contributed by atoms with Crippen LogP contribution in [-0.4, -0.2) is 29.0 Å². The molecule has 6 heteroatoms. The summed E-state index contributed by atoms with van der Waals surface area (Å²) < 4.78 is 9.94. The van der Waals surface area contributed by atoms with E-state index in [1.807, 2.05) is 31.2 Å². The molecule has 0 radical (unpaired) electrons. The topological polar surface area (TPSA) is 78.4 Å². The number of hydrogen-bond donors (Lipinski definition) is 0. The fourth-order valence-corrected chi connectivity index (χ4v) is 2.36. The van der Waals surface area contributed by atoms with Crippen molar-refractivity contribution in [3.63, 3.8) is 0 Å². The van der Waals surface area contributed by atoms with E-state index in [0.717, 1.165) is 16.3 Å². The molecule has 0 fully saturated rings. The molecule has 2 heterocycles. The van der Waals surface area contributed by atoms with Crippen LogP contribution in [0.2, 0.25) is 0 Å². The van der Waals surface area contributed by atoms with E-state index >= 15 is 0 Å². The Kier molecular flexibility index (Phi) is 4.70. The van der Waals surface area contributed by atoms with Crippen molar-refractivity contribution in [2.75, 3.05) is 7.11 Å². The number of benzene rings is 1. The summed E-state index contributed by atoms with van der Waals surface area (Å²) in [5.41, 5.74) is 1.96. The van der Waals surface area contributed by atoms with E-state index in [4.69, 9.17) is 4.74 Å². The molecule has 0 spiro atoms. The Labute approximate surface area is 144 Å². The van der Waals surface area contributed by atoms with Crippen molar-refractivity contribution in [1.29, 1.82) is 0 Å². The van der Waals surface area contributed by atoms with Gasteiger partial charge in [-0.05, 0) is 30.0 Å². The van der Waals surface area contributed by atoms with E-state index in [1.165, 1.54) is 13.3 Å². The first kappa shape index (κ1) is 16.6. The molecular formula is C19H16N2O4. The predicted molar refractivity (Wildman–Crippen MR) is 91.2 cm³/mol. The zero-order valence-electron chi connectivity index (χ0n) is 13.9. The van der Waals surface area contributed by atoms with Crippen molar-refractivity contribution in [3.05, 3.63) is 71.3 Å². The van der Waals surface area contributed by atoms with E-state index in [-0.39, 0.29) is 18.0 Å².